The molecule has 19 heavy (non-hydrogen) atoms. The van der Waals surface area contributed by atoms with E-state index in [0.717, 1.165) is 0 Å². The van der Waals surface area contributed by atoms with Crippen molar-refractivity contribution in [1.82, 2.24) is 20.4 Å². The number of sulfone groups is 1. The maximum absolute atomic E-state index is 12.1. The van der Waals surface area contributed by atoms with Crippen molar-refractivity contribution in [3.63, 3.8) is 0 Å². The van der Waals surface area contributed by atoms with Crippen molar-refractivity contribution in [2.24, 2.45) is 0 Å². The number of hydrogen-bond donors (Lipinski definition) is 2. The first-order chi connectivity index (χ1) is 8.85. The lowest BCUT2D eigenvalue weighted by Crippen LogP contribution is -2.08. The van der Waals surface area contributed by atoms with Gasteiger partial charge in [0.05, 0.1) is 9.85 Å². The zero-order valence-corrected chi connectivity index (χ0v) is 9.62. The molecule has 100 valence electrons. The largest absolute Gasteiger partial charge is 0.326 e. The van der Waals surface area contributed by atoms with Gasteiger partial charge in [-0.3, -0.25) is 30.4 Å². The van der Waals surface area contributed by atoms with E-state index in [2.05, 4.69) is 10.2 Å². The molecule has 2 aromatic rings. The summed E-state index contributed by atoms with van der Waals surface area (Å²) in [6.45, 7) is 0. The molecular formula is C6H4N6O6S. The molecule has 0 spiro atoms. The molecule has 2 aromatic heterocycles. The maximum Gasteiger partial charge on any atom is 0.326 e. The molecule has 12 nitrogen and oxygen atoms in total. The lowest BCUT2D eigenvalue weighted by molar-refractivity contribution is -0.388. The summed E-state index contributed by atoms with van der Waals surface area (Å²) in [7, 11) is -4.52. The Kier molecular flexibility index (Phi) is 2.74. The summed E-state index contributed by atoms with van der Waals surface area (Å²) in [6.07, 6.45) is 1.38. The smallest absolute Gasteiger partial charge is 0.261 e. The van der Waals surface area contributed by atoms with Crippen LogP contribution in [0.1, 0.15) is 0 Å². The van der Waals surface area contributed by atoms with Gasteiger partial charge in [0.2, 0.25) is 10.1 Å². The van der Waals surface area contributed by atoms with Crippen LogP contribution in [0.4, 0.5) is 11.4 Å². The van der Waals surface area contributed by atoms with Gasteiger partial charge in [-0.05, 0) is 0 Å². The molecule has 0 aromatic carbocycles. The van der Waals surface area contributed by atoms with Crippen molar-refractivity contribution in [3.05, 3.63) is 32.6 Å². The van der Waals surface area contributed by atoms with Crippen molar-refractivity contribution in [1.29, 1.82) is 0 Å². The quantitative estimate of drug-likeness (QED) is 0.572. The van der Waals surface area contributed by atoms with Crippen molar-refractivity contribution in [3.8, 4) is 0 Å². The molecule has 2 N–H and O–H groups in total. The highest BCUT2D eigenvalue weighted by atomic mass is 32.2. The van der Waals surface area contributed by atoms with E-state index < -0.39 is 41.1 Å². The Morgan fingerprint density at radius 3 is 1.63 bits per heavy atom. The summed E-state index contributed by atoms with van der Waals surface area (Å²) in [5.74, 6) is 0. The number of aromatic amines is 2. The molecule has 0 radical (unpaired) electrons. The molecule has 0 bridgehead atoms. The van der Waals surface area contributed by atoms with Crippen molar-refractivity contribution < 1.29 is 18.3 Å². The molecular weight excluding hydrogens is 284 g/mol. The Labute approximate surface area is 103 Å². The normalized spacial score (nSPS) is 11.4. The average Bonchev–Trinajstić information content (AvgIpc) is 2.98. The summed E-state index contributed by atoms with van der Waals surface area (Å²) < 4.78 is 24.1. The SMILES string of the molecule is O=[N+]([O-])c1cn[nH]c1S(=O)(=O)c1[nH]ncc1[N+](=O)[O-]. The molecule has 0 amide bonds. The van der Waals surface area contributed by atoms with Gasteiger partial charge in [-0.25, -0.2) is 8.42 Å². The molecule has 2 rings (SSSR count). The molecule has 0 atom stereocenters. The summed E-state index contributed by atoms with van der Waals surface area (Å²) in [4.78, 5) is 19.3. The van der Waals surface area contributed by atoms with Crippen LogP contribution >= 0.6 is 0 Å². The number of aromatic nitrogens is 4. The number of nitrogens with zero attached hydrogens (tertiary/aromatic N) is 4. The maximum atomic E-state index is 12.1. The van der Waals surface area contributed by atoms with E-state index in [4.69, 9.17) is 0 Å². The van der Waals surface area contributed by atoms with Crippen LogP contribution in [0.15, 0.2) is 22.4 Å². The third-order valence-corrected chi connectivity index (χ3v) is 3.78. The number of H-pyrrole nitrogens is 2. The lowest BCUT2D eigenvalue weighted by Gasteiger charge is -1.97. The van der Waals surface area contributed by atoms with Gasteiger partial charge in [-0.15, -0.1) is 0 Å². The zero-order valence-electron chi connectivity index (χ0n) is 8.80. The second kappa shape index (κ2) is 4.13. The third kappa shape index (κ3) is 1.90. The zero-order chi connectivity index (χ0) is 14.2. The number of hydrogen-bond acceptors (Lipinski definition) is 8. The topological polar surface area (TPSA) is 178 Å². The molecule has 0 fully saturated rings. The first-order valence-electron chi connectivity index (χ1n) is 4.46. The fourth-order valence-electron chi connectivity index (χ4n) is 1.29. The summed E-state index contributed by atoms with van der Waals surface area (Å²) in [6, 6.07) is 0. The van der Waals surface area contributed by atoms with Crippen LogP contribution < -0.4 is 0 Å². The molecule has 0 saturated carbocycles. The monoisotopic (exact) mass is 288 g/mol. The van der Waals surface area contributed by atoms with Gasteiger partial charge in [-0.1, -0.05) is 0 Å². The van der Waals surface area contributed by atoms with E-state index in [9.17, 15) is 28.6 Å². The van der Waals surface area contributed by atoms with E-state index >= 15 is 0 Å². The first-order valence-corrected chi connectivity index (χ1v) is 5.94. The van der Waals surface area contributed by atoms with Crippen LogP contribution in [-0.2, 0) is 9.84 Å². The van der Waals surface area contributed by atoms with Crippen LogP contribution in [0.2, 0.25) is 0 Å². The van der Waals surface area contributed by atoms with E-state index in [-0.39, 0.29) is 0 Å². The molecule has 0 unspecified atom stereocenters. The molecule has 0 aliphatic carbocycles. The van der Waals surface area contributed by atoms with Gasteiger partial charge in [-0.2, -0.15) is 10.2 Å². The van der Waals surface area contributed by atoms with E-state index in [0.29, 0.717) is 12.4 Å². The highest BCUT2D eigenvalue weighted by Gasteiger charge is 2.36. The van der Waals surface area contributed by atoms with Crippen LogP contribution in [0.3, 0.4) is 0 Å². The highest BCUT2D eigenvalue weighted by Crippen LogP contribution is 2.30. The minimum Gasteiger partial charge on any atom is -0.261 e. The first kappa shape index (κ1) is 12.6. The predicted molar refractivity (Wildman–Crippen MR) is 55.9 cm³/mol. The Morgan fingerprint density at radius 2 is 1.32 bits per heavy atom. The van der Waals surface area contributed by atoms with Crippen LogP contribution in [0.5, 0.6) is 0 Å². The molecule has 0 aliphatic rings. The number of nitro groups is 2. The minimum absolute atomic E-state index is 0.690. The molecule has 2 heterocycles. The fourth-order valence-corrected chi connectivity index (χ4v) is 2.65. The predicted octanol–water partition coefficient (Wildman–Crippen LogP) is -0.218. The van der Waals surface area contributed by atoms with Crippen LogP contribution in [0.25, 0.3) is 0 Å². The van der Waals surface area contributed by atoms with Gasteiger partial charge < -0.3 is 0 Å². The van der Waals surface area contributed by atoms with Gasteiger partial charge in [0.1, 0.15) is 12.4 Å². The molecule has 0 aliphatic heterocycles. The Balaban J connectivity index is 2.66. The second-order valence-corrected chi connectivity index (χ2v) is 5.01. The standard InChI is InChI=1S/C6H4N6O6S/c13-11(14)3-1-7-9-5(3)19(17,18)6-4(12(15)16)2-8-10-6/h1-2H,(H,7,9)(H,8,10). The average molecular weight is 288 g/mol. The van der Waals surface area contributed by atoms with Gasteiger partial charge in [0.15, 0.2) is 0 Å². The van der Waals surface area contributed by atoms with Crippen molar-refractivity contribution in [2.75, 3.05) is 0 Å². The van der Waals surface area contributed by atoms with E-state index in [1.807, 2.05) is 10.2 Å². The van der Waals surface area contributed by atoms with E-state index in [1.165, 1.54) is 0 Å². The Hall–Kier alpha value is -2.83. The number of nitrogens with one attached hydrogen (secondary N) is 2. The van der Waals surface area contributed by atoms with Gasteiger partial charge in [0.25, 0.3) is 9.84 Å². The fraction of sp³-hybridized carbons (Fsp3) is 0. The van der Waals surface area contributed by atoms with Crippen molar-refractivity contribution in [2.45, 2.75) is 10.1 Å². The Morgan fingerprint density at radius 1 is 0.947 bits per heavy atom. The van der Waals surface area contributed by atoms with Gasteiger partial charge in [0, 0.05) is 0 Å². The molecule has 13 heteroatoms. The molecule has 0 saturated heterocycles. The minimum atomic E-state index is -4.52. The summed E-state index contributed by atoms with van der Waals surface area (Å²) >= 11 is 0. The number of rotatable bonds is 4. The summed E-state index contributed by atoms with van der Waals surface area (Å²) in [5, 5.41) is 29.9. The second-order valence-electron chi connectivity index (χ2n) is 3.19. The summed E-state index contributed by atoms with van der Waals surface area (Å²) in [5.41, 5.74) is -1.63. The third-order valence-electron chi connectivity index (χ3n) is 2.10. The van der Waals surface area contributed by atoms with E-state index in [1.54, 1.807) is 0 Å². The van der Waals surface area contributed by atoms with Crippen LogP contribution in [-0.4, -0.2) is 38.7 Å². The van der Waals surface area contributed by atoms with Crippen molar-refractivity contribution >= 4 is 21.2 Å². The highest BCUT2D eigenvalue weighted by molar-refractivity contribution is 7.91. The van der Waals surface area contributed by atoms with Crippen LogP contribution in [0, 0.1) is 20.2 Å². The van der Waals surface area contributed by atoms with Gasteiger partial charge >= 0.3 is 11.4 Å². The lowest BCUT2D eigenvalue weighted by atomic mass is 10.6. The Bertz CT molecular complexity index is 701.